The normalized spacial score (nSPS) is 50.5. The van der Waals surface area contributed by atoms with Gasteiger partial charge in [0.25, 0.3) is 0 Å². The van der Waals surface area contributed by atoms with Crippen LogP contribution in [0.15, 0.2) is 49.1 Å². The molecule has 11 heterocycles. The lowest BCUT2D eigenvalue weighted by atomic mass is 9.73. The third-order valence-electron chi connectivity index (χ3n) is 19.8. The van der Waals surface area contributed by atoms with E-state index in [0.717, 1.165) is 18.4 Å². The molecular weight excluding hydrogens is 1070 g/mol. The van der Waals surface area contributed by atoms with Gasteiger partial charge in [-0.25, -0.2) is 8.37 Å². The molecule has 11 aliphatic rings. The van der Waals surface area contributed by atoms with Crippen LogP contribution in [0.4, 0.5) is 0 Å². The third-order valence-corrected chi connectivity index (χ3v) is 20.8. The molecule has 11 rings (SSSR count). The number of rotatable bonds is 12. The Bertz CT molecular complexity index is 2560. The summed E-state index contributed by atoms with van der Waals surface area (Å²) in [7, 11) is -9.60. The van der Waals surface area contributed by atoms with Crippen molar-refractivity contribution < 1.29 is 96.6 Å². The number of hydrogen-bond donors (Lipinski definition) is 4. The first-order valence-corrected chi connectivity index (χ1v) is 31.4. The number of aliphatic hydroxyl groups is 2. The lowest BCUT2D eigenvalue weighted by Crippen LogP contribution is -2.74. The van der Waals surface area contributed by atoms with Crippen LogP contribution in [0.1, 0.15) is 138 Å². The van der Waals surface area contributed by atoms with Crippen LogP contribution in [0.25, 0.3) is 0 Å². The number of allylic oxidation sites excluding steroid dienone is 3. The average Bonchev–Trinajstić information content (AvgIpc) is 3.76. The molecule has 11 fully saturated rings. The van der Waals surface area contributed by atoms with E-state index < -0.39 is 116 Å². The third kappa shape index (κ3) is 11.7. The first-order valence-electron chi connectivity index (χ1n) is 28.7. The number of hydrogen-bond acceptors (Lipinski definition) is 19. The van der Waals surface area contributed by atoms with Gasteiger partial charge in [0.15, 0.2) is 0 Å². The minimum atomic E-state index is -4.91. The van der Waals surface area contributed by atoms with Gasteiger partial charge in [-0.2, -0.15) is 16.8 Å². The van der Waals surface area contributed by atoms with E-state index in [4.69, 9.17) is 60.8 Å². The highest BCUT2D eigenvalue weighted by Gasteiger charge is 2.65. The lowest BCUT2D eigenvalue weighted by Gasteiger charge is -2.61. The summed E-state index contributed by atoms with van der Waals surface area (Å²) < 4.78 is 151. The van der Waals surface area contributed by atoms with Gasteiger partial charge in [-0.3, -0.25) is 9.11 Å². The number of fused-ring (bicyclic) bond motifs is 10. The van der Waals surface area contributed by atoms with Gasteiger partial charge in [0.05, 0.1) is 121 Å². The molecule has 21 nitrogen and oxygen atoms in total. The molecule has 0 aromatic rings. The molecule has 23 heteroatoms. The van der Waals surface area contributed by atoms with Gasteiger partial charge in [0.1, 0.15) is 35.6 Å². The first kappa shape index (κ1) is 58.9. The molecular formula is C56H84O21S2. The molecule has 0 amide bonds. The Morgan fingerprint density at radius 3 is 1.92 bits per heavy atom. The van der Waals surface area contributed by atoms with Gasteiger partial charge in [0, 0.05) is 44.9 Å². The Balaban J connectivity index is 0.745. The summed E-state index contributed by atoms with van der Waals surface area (Å²) in [5.74, 6) is 0.0693. The molecule has 0 aromatic carbocycles. The molecule has 0 radical (unpaired) electrons. The van der Waals surface area contributed by atoms with E-state index in [9.17, 15) is 31.6 Å². The second-order valence-electron chi connectivity index (χ2n) is 25.9. The van der Waals surface area contributed by atoms with Crippen molar-refractivity contribution in [2.24, 2.45) is 5.92 Å². The van der Waals surface area contributed by atoms with Crippen LogP contribution in [-0.4, -0.2) is 193 Å². The molecule has 0 aromatic heterocycles. The van der Waals surface area contributed by atoms with Crippen LogP contribution in [-0.2, 0) is 81.3 Å². The van der Waals surface area contributed by atoms with E-state index in [-0.39, 0.29) is 86.7 Å². The second kappa shape index (κ2) is 21.6. The van der Waals surface area contributed by atoms with Gasteiger partial charge < -0.3 is 62.3 Å². The van der Waals surface area contributed by atoms with E-state index in [2.05, 4.69) is 44.7 Å². The van der Waals surface area contributed by atoms with Crippen molar-refractivity contribution >= 4 is 20.8 Å². The second-order valence-corrected chi connectivity index (χ2v) is 28.0. The minimum Gasteiger partial charge on any atom is -0.387 e. The summed E-state index contributed by atoms with van der Waals surface area (Å²) in [6, 6.07) is 0. The van der Waals surface area contributed by atoms with Crippen molar-refractivity contribution in [3.8, 4) is 0 Å². The standard InChI is InChI=1S/C56H84O21S2/c1-10-12-29(2)13-17-52(5,58)51-31(4)21-40-39(72-51)27-47-56(9,75-40)50(57)49-43(71-47)25-42-48(73-49)30(3)14-18-54(7)45(70-42)28-44-55(8,77-54)19-15-32-33(69-44)22-35-34(66-32)23-36-37(67-35)24-41-38(68-36)26-46(76-79(62,63)64)53(6,74-41)16-11-20-65-78(59,60)61/h10,13,17,30,32-51,57-58H,1-2,4,11-12,14-16,18-28H2,3,5-9H3,(H,59,60,61)(H,62,63,64)/b17-13+/t30-,32-,33+,34+,35-,36-,37+,38+,39+,40-,41-,42-,43+,44-,45+,46-,47-,48+,49+,50+,51+,52+,53+,54-,55+,56-/m0/s1. The van der Waals surface area contributed by atoms with Crippen LogP contribution >= 0.6 is 0 Å². The largest absolute Gasteiger partial charge is 0.397 e. The molecule has 446 valence electrons. The zero-order valence-corrected chi connectivity index (χ0v) is 48.0. The zero-order valence-electron chi connectivity index (χ0n) is 46.3. The fraction of sp³-hybridized carbons (Fsp3) is 0.857. The van der Waals surface area contributed by atoms with Gasteiger partial charge in [-0.15, -0.1) is 6.58 Å². The number of ether oxygens (including phenoxy) is 11. The lowest BCUT2D eigenvalue weighted by molar-refractivity contribution is -0.369. The average molecular weight is 1160 g/mol. The highest BCUT2D eigenvalue weighted by Crippen LogP contribution is 2.54. The van der Waals surface area contributed by atoms with Crippen molar-refractivity contribution in [1.29, 1.82) is 0 Å². The molecule has 26 atom stereocenters. The Kier molecular flexibility index (Phi) is 16.1. The Hall–Kier alpha value is -1.82. The Labute approximate surface area is 465 Å². The van der Waals surface area contributed by atoms with Gasteiger partial charge >= 0.3 is 20.8 Å². The molecule has 0 aliphatic carbocycles. The van der Waals surface area contributed by atoms with Crippen molar-refractivity contribution in [3.63, 3.8) is 0 Å². The smallest absolute Gasteiger partial charge is 0.387 e. The van der Waals surface area contributed by atoms with Gasteiger partial charge in [-0.1, -0.05) is 43.9 Å². The fourth-order valence-corrected chi connectivity index (χ4v) is 16.4. The van der Waals surface area contributed by atoms with Crippen molar-refractivity contribution in [3.05, 3.63) is 49.1 Å². The quantitative estimate of drug-likeness (QED) is 0.0819. The van der Waals surface area contributed by atoms with Crippen LogP contribution < -0.4 is 0 Å². The Morgan fingerprint density at radius 2 is 1.27 bits per heavy atom. The molecule has 4 N–H and O–H groups in total. The molecule has 0 bridgehead atoms. The van der Waals surface area contributed by atoms with E-state index in [1.165, 1.54) is 0 Å². The summed E-state index contributed by atoms with van der Waals surface area (Å²) in [4.78, 5) is 0. The van der Waals surface area contributed by atoms with Crippen LogP contribution in [0, 0.1) is 5.92 Å². The first-order chi connectivity index (χ1) is 37.0. The zero-order chi connectivity index (χ0) is 56.4. The number of aliphatic hydroxyl groups excluding tert-OH is 1. The monoisotopic (exact) mass is 1160 g/mol. The van der Waals surface area contributed by atoms with Gasteiger partial charge in [-0.05, 0) is 97.5 Å². The Morgan fingerprint density at radius 1 is 0.696 bits per heavy atom. The van der Waals surface area contributed by atoms with Crippen molar-refractivity contribution in [2.45, 2.75) is 288 Å². The van der Waals surface area contributed by atoms with Crippen molar-refractivity contribution in [2.75, 3.05) is 6.61 Å². The summed E-state index contributed by atoms with van der Waals surface area (Å²) in [5.41, 5.74) is -3.54. The minimum absolute atomic E-state index is 0.0618. The summed E-state index contributed by atoms with van der Waals surface area (Å²) in [6.07, 6.45) is 2.61. The maximum Gasteiger partial charge on any atom is 0.397 e. The van der Waals surface area contributed by atoms with Crippen molar-refractivity contribution in [1.82, 2.24) is 0 Å². The van der Waals surface area contributed by atoms with E-state index in [1.54, 1.807) is 32.1 Å². The maximum atomic E-state index is 12.3. The van der Waals surface area contributed by atoms with E-state index in [0.29, 0.717) is 69.8 Å². The fourth-order valence-electron chi connectivity index (χ4n) is 15.5. The molecule has 0 unspecified atom stereocenters. The van der Waals surface area contributed by atoms with Crippen LogP contribution in [0.2, 0.25) is 0 Å². The summed E-state index contributed by atoms with van der Waals surface area (Å²) >= 11 is 0. The maximum absolute atomic E-state index is 12.3. The predicted octanol–water partition coefficient (Wildman–Crippen LogP) is 5.45. The molecule has 0 saturated carbocycles. The molecule has 79 heavy (non-hydrogen) atoms. The molecule has 11 saturated heterocycles. The van der Waals surface area contributed by atoms with E-state index in [1.807, 2.05) is 6.92 Å². The SMILES string of the molecule is C=CCC(=C)/C=C/[C@@](C)(O)[C@@H]1O[C@@H]2C[C@@H]3O[C@@H]4C[C@@H]5O[C@@H]6C[C@@H]7O[C@@H]8C[C@@H]9O[C@@H]%10C[C@@H]%11O[C@](C)(CCCOS(=O)(=O)O)[C@@H](OS(=O)(=O)O)C[C@H]%11O[C@H]%10C[C@H]9O[C@H]8CC[C@@]7(C)O[C@@]6(C)CC[C@H](C)[C@H]5O[C@H]4[C@@H](O)[C@@]3(C)O[C@H]2CC1=C. The molecule has 11 aliphatic heterocycles. The van der Waals surface area contributed by atoms with Crippen LogP contribution in [0.5, 0.6) is 0 Å². The predicted molar refractivity (Wildman–Crippen MR) is 280 cm³/mol. The highest BCUT2D eigenvalue weighted by atomic mass is 32.3. The van der Waals surface area contributed by atoms with E-state index >= 15 is 0 Å². The summed E-state index contributed by atoms with van der Waals surface area (Å²) in [6.45, 7) is 23.5. The topological polar surface area (TPSA) is 269 Å². The van der Waals surface area contributed by atoms with Crippen LogP contribution in [0.3, 0.4) is 0 Å². The van der Waals surface area contributed by atoms with Gasteiger partial charge in [0.2, 0.25) is 0 Å². The highest BCUT2D eigenvalue weighted by molar-refractivity contribution is 7.81. The summed E-state index contributed by atoms with van der Waals surface area (Å²) in [5, 5.41) is 24.0. The molecule has 0 spiro atoms.